The standard InChI is InChI=1S/C21H22F3N3O3S/c1-4-19(28)20(5-2,14-9-11-15(12-10-14)21(22,23)24)27-18-8-6-7-17(16(18)13-25-27)26-31(3,29)30/h6-13,26H,4-5H2,1-3H3. The molecule has 3 aromatic rings. The average Bonchev–Trinajstić information content (AvgIpc) is 3.13. The van der Waals surface area contributed by atoms with Crippen molar-refractivity contribution in [2.75, 3.05) is 11.0 Å². The van der Waals surface area contributed by atoms with Crippen molar-refractivity contribution in [2.45, 2.75) is 38.4 Å². The van der Waals surface area contributed by atoms with E-state index < -0.39 is 27.3 Å². The number of rotatable bonds is 7. The number of benzene rings is 2. The zero-order chi connectivity index (χ0) is 23.0. The van der Waals surface area contributed by atoms with Crippen LogP contribution >= 0.6 is 0 Å². The topological polar surface area (TPSA) is 81.1 Å². The van der Waals surface area contributed by atoms with Gasteiger partial charge in [0.15, 0.2) is 5.78 Å². The summed E-state index contributed by atoms with van der Waals surface area (Å²) >= 11 is 0. The van der Waals surface area contributed by atoms with Crippen LogP contribution in [-0.4, -0.2) is 30.2 Å². The van der Waals surface area contributed by atoms with Crippen molar-refractivity contribution >= 4 is 32.4 Å². The number of anilines is 1. The molecule has 0 fully saturated rings. The minimum Gasteiger partial charge on any atom is -0.297 e. The molecule has 0 saturated carbocycles. The summed E-state index contributed by atoms with van der Waals surface area (Å²) in [4.78, 5) is 13.2. The summed E-state index contributed by atoms with van der Waals surface area (Å²) in [5, 5.41) is 4.86. The first-order valence-electron chi connectivity index (χ1n) is 9.60. The van der Waals surface area contributed by atoms with Crippen LogP contribution < -0.4 is 4.72 Å². The summed E-state index contributed by atoms with van der Waals surface area (Å²) in [7, 11) is -3.55. The highest BCUT2D eigenvalue weighted by atomic mass is 32.2. The molecule has 0 bridgehead atoms. The molecule has 2 aromatic carbocycles. The van der Waals surface area contributed by atoms with Gasteiger partial charge < -0.3 is 0 Å². The fourth-order valence-electron chi connectivity index (χ4n) is 3.82. The van der Waals surface area contributed by atoms with Gasteiger partial charge in [0.2, 0.25) is 10.0 Å². The van der Waals surface area contributed by atoms with Crippen molar-refractivity contribution in [3.63, 3.8) is 0 Å². The van der Waals surface area contributed by atoms with E-state index in [1.165, 1.54) is 23.0 Å². The first-order chi connectivity index (χ1) is 14.4. The van der Waals surface area contributed by atoms with Crippen LogP contribution in [-0.2, 0) is 26.5 Å². The number of sulfonamides is 1. The molecule has 31 heavy (non-hydrogen) atoms. The van der Waals surface area contributed by atoms with Gasteiger partial charge in [-0.25, -0.2) is 13.1 Å². The Hall–Kier alpha value is -2.88. The van der Waals surface area contributed by atoms with Gasteiger partial charge in [0, 0.05) is 11.8 Å². The second-order valence-electron chi connectivity index (χ2n) is 7.23. The summed E-state index contributed by atoms with van der Waals surface area (Å²) < 4.78 is 66.4. The van der Waals surface area contributed by atoms with Gasteiger partial charge in [0.25, 0.3) is 0 Å². The molecule has 166 valence electrons. The summed E-state index contributed by atoms with van der Waals surface area (Å²) in [6, 6.07) is 9.38. The minimum atomic E-state index is -4.49. The Bertz CT molecular complexity index is 1220. The maximum absolute atomic E-state index is 13.2. The molecule has 0 amide bonds. The highest BCUT2D eigenvalue weighted by Crippen LogP contribution is 2.38. The van der Waals surface area contributed by atoms with Gasteiger partial charge in [-0.15, -0.1) is 0 Å². The molecular formula is C21H22F3N3O3S. The lowest BCUT2D eigenvalue weighted by Crippen LogP contribution is -2.43. The number of nitrogens with one attached hydrogen (secondary N) is 1. The van der Waals surface area contributed by atoms with E-state index in [0.717, 1.165) is 18.4 Å². The number of hydrogen-bond donors (Lipinski definition) is 1. The van der Waals surface area contributed by atoms with Gasteiger partial charge in [0.1, 0.15) is 5.54 Å². The number of nitrogens with zero attached hydrogens (tertiary/aromatic N) is 2. The summed E-state index contributed by atoms with van der Waals surface area (Å²) in [5.74, 6) is -0.221. The van der Waals surface area contributed by atoms with Crippen molar-refractivity contribution in [3.8, 4) is 0 Å². The first-order valence-corrected chi connectivity index (χ1v) is 11.5. The van der Waals surface area contributed by atoms with Crippen LogP contribution in [0.15, 0.2) is 48.7 Å². The van der Waals surface area contributed by atoms with Crippen LogP contribution in [0.4, 0.5) is 18.9 Å². The SMILES string of the molecule is CCC(=O)C(CC)(c1ccc(C(F)(F)F)cc1)n1ncc2c(NS(C)(=O)=O)cccc21. The number of aromatic nitrogens is 2. The van der Waals surface area contributed by atoms with Crippen molar-refractivity contribution in [1.82, 2.24) is 9.78 Å². The third-order valence-corrected chi connectivity index (χ3v) is 5.85. The van der Waals surface area contributed by atoms with Crippen molar-refractivity contribution in [3.05, 3.63) is 59.8 Å². The molecule has 0 aliphatic rings. The Balaban J connectivity index is 2.26. The van der Waals surface area contributed by atoms with E-state index in [1.54, 1.807) is 32.0 Å². The molecule has 0 radical (unpaired) electrons. The highest BCUT2D eigenvalue weighted by Gasteiger charge is 2.42. The summed E-state index contributed by atoms with van der Waals surface area (Å²) in [5.41, 5.74) is -0.994. The normalized spacial score (nSPS) is 14.4. The third-order valence-electron chi connectivity index (χ3n) is 5.25. The largest absolute Gasteiger partial charge is 0.416 e. The number of Topliss-reactive ketones (excluding diaryl/α,β-unsaturated/α-hetero) is 1. The Kier molecular flexibility index (Phi) is 5.88. The van der Waals surface area contributed by atoms with Gasteiger partial charge in [-0.2, -0.15) is 18.3 Å². The monoisotopic (exact) mass is 453 g/mol. The number of alkyl halides is 3. The molecule has 0 saturated heterocycles. The molecule has 1 N–H and O–H groups in total. The summed E-state index contributed by atoms with van der Waals surface area (Å²) in [6.07, 6.45) is -1.65. The smallest absolute Gasteiger partial charge is 0.297 e. The van der Waals surface area contributed by atoms with Crippen LogP contribution in [0.2, 0.25) is 0 Å². The second-order valence-corrected chi connectivity index (χ2v) is 8.98. The Morgan fingerprint density at radius 2 is 1.68 bits per heavy atom. The van der Waals surface area contributed by atoms with Crippen LogP contribution in [0.25, 0.3) is 10.9 Å². The predicted molar refractivity (Wildman–Crippen MR) is 112 cm³/mol. The number of carbonyl (C=O) groups is 1. The van der Waals surface area contributed by atoms with Crippen LogP contribution in [0.1, 0.15) is 37.8 Å². The van der Waals surface area contributed by atoms with E-state index in [4.69, 9.17) is 0 Å². The molecule has 1 heterocycles. The lowest BCUT2D eigenvalue weighted by atomic mass is 9.81. The molecular weight excluding hydrogens is 431 g/mol. The number of hydrogen-bond acceptors (Lipinski definition) is 4. The van der Waals surface area contributed by atoms with E-state index in [2.05, 4.69) is 9.82 Å². The lowest BCUT2D eigenvalue weighted by Gasteiger charge is -2.33. The zero-order valence-corrected chi connectivity index (χ0v) is 18.0. The number of carbonyl (C=O) groups excluding carboxylic acids is 1. The maximum atomic E-state index is 13.2. The average molecular weight is 453 g/mol. The maximum Gasteiger partial charge on any atom is 0.416 e. The molecule has 0 spiro atoms. The van der Waals surface area contributed by atoms with E-state index >= 15 is 0 Å². The Morgan fingerprint density at radius 1 is 1.06 bits per heavy atom. The van der Waals surface area contributed by atoms with Gasteiger partial charge in [0.05, 0.1) is 29.2 Å². The Labute approximate surface area is 178 Å². The van der Waals surface area contributed by atoms with Gasteiger partial charge in [-0.1, -0.05) is 32.0 Å². The fraction of sp³-hybridized carbons (Fsp3) is 0.333. The molecule has 3 rings (SSSR count). The van der Waals surface area contributed by atoms with Gasteiger partial charge in [-0.05, 0) is 36.2 Å². The Morgan fingerprint density at radius 3 is 2.19 bits per heavy atom. The molecule has 0 aliphatic carbocycles. The van der Waals surface area contributed by atoms with Gasteiger partial charge in [-0.3, -0.25) is 9.52 Å². The number of halogens is 3. The van der Waals surface area contributed by atoms with Crippen LogP contribution in [0.3, 0.4) is 0 Å². The van der Waals surface area contributed by atoms with Crippen molar-refractivity contribution < 1.29 is 26.4 Å². The van der Waals surface area contributed by atoms with E-state index in [0.29, 0.717) is 22.2 Å². The van der Waals surface area contributed by atoms with Gasteiger partial charge >= 0.3 is 6.18 Å². The van der Waals surface area contributed by atoms with E-state index in [-0.39, 0.29) is 18.6 Å². The third kappa shape index (κ3) is 4.16. The first kappa shape index (κ1) is 22.8. The molecule has 1 aromatic heterocycles. The van der Waals surface area contributed by atoms with E-state index in [9.17, 15) is 26.4 Å². The zero-order valence-electron chi connectivity index (χ0n) is 17.2. The van der Waals surface area contributed by atoms with E-state index in [1.807, 2.05) is 0 Å². The molecule has 10 heteroatoms. The second kappa shape index (κ2) is 7.99. The number of fused-ring (bicyclic) bond motifs is 1. The number of ketones is 1. The molecule has 1 unspecified atom stereocenters. The highest BCUT2D eigenvalue weighted by molar-refractivity contribution is 7.92. The minimum absolute atomic E-state index is 0.136. The van der Waals surface area contributed by atoms with Crippen LogP contribution in [0, 0.1) is 0 Å². The van der Waals surface area contributed by atoms with Crippen LogP contribution in [0.5, 0.6) is 0 Å². The quantitative estimate of drug-likeness (QED) is 0.569. The summed E-state index contributed by atoms with van der Waals surface area (Å²) in [6.45, 7) is 3.44. The lowest BCUT2D eigenvalue weighted by molar-refractivity contribution is -0.137. The fourth-order valence-corrected chi connectivity index (χ4v) is 4.40. The van der Waals surface area contributed by atoms with Crippen molar-refractivity contribution in [2.24, 2.45) is 0 Å². The molecule has 0 aliphatic heterocycles. The molecule has 1 atom stereocenters. The van der Waals surface area contributed by atoms with Crippen molar-refractivity contribution in [1.29, 1.82) is 0 Å². The predicted octanol–water partition coefficient (Wildman–Crippen LogP) is 4.56. The molecule has 6 nitrogen and oxygen atoms in total.